The van der Waals surface area contributed by atoms with E-state index in [1.54, 1.807) is 6.07 Å². The van der Waals surface area contributed by atoms with Crippen LogP contribution < -0.4 is 16.2 Å². The van der Waals surface area contributed by atoms with Crippen LogP contribution in [-0.2, 0) is 0 Å². The SMILES string of the molecule is COc1cc(C#N)cc([C@@H](N)CCN)c1O.Cl. The van der Waals surface area contributed by atoms with Crippen LogP contribution in [-0.4, -0.2) is 18.8 Å². The number of hydrogen-bond donors (Lipinski definition) is 3. The van der Waals surface area contributed by atoms with Crippen molar-refractivity contribution in [2.24, 2.45) is 11.5 Å². The molecule has 0 aliphatic carbocycles. The molecule has 5 N–H and O–H groups in total. The van der Waals surface area contributed by atoms with Gasteiger partial charge in [0.1, 0.15) is 0 Å². The molecule has 0 radical (unpaired) electrons. The number of ether oxygens (including phenoxy) is 1. The van der Waals surface area contributed by atoms with Gasteiger partial charge in [0.25, 0.3) is 0 Å². The zero-order valence-corrected chi connectivity index (χ0v) is 10.3. The minimum atomic E-state index is -0.396. The number of nitrogens with two attached hydrogens (primary N) is 2. The van der Waals surface area contributed by atoms with Crippen LogP contribution in [0.25, 0.3) is 0 Å². The van der Waals surface area contributed by atoms with E-state index in [0.717, 1.165) is 0 Å². The first-order valence-corrected chi connectivity index (χ1v) is 4.90. The lowest BCUT2D eigenvalue weighted by Gasteiger charge is -2.15. The van der Waals surface area contributed by atoms with Gasteiger partial charge in [0.15, 0.2) is 11.5 Å². The fourth-order valence-corrected chi connectivity index (χ4v) is 1.47. The molecule has 0 bridgehead atoms. The molecular formula is C11H16ClN3O2. The van der Waals surface area contributed by atoms with Gasteiger partial charge >= 0.3 is 0 Å². The average molecular weight is 258 g/mol. The number of aromatic hydroxyl groups is 1. The van der Waals surface area contributed by atoms with Crippen molar-refractivity contribution < 1.29 is 9.84 Å². The zero-order chi connectivity index (χ0) is 12.1. The number of nitriles is 1. The predicted octanol–water partition coefficient (Wildman–Crippen LogP) is 1.04. The molecule has 17 heavy (non-hydrogen) atoms. The van der Waals surface area contributed by atoms with Crippen LogP contribution in [0.4, 0.5) is 0 Å². The molecule has 6 heteroatoms. The number of hydrogen-bond acceptors (Lipinski definition) is 5. The van der Waals surface area contributed by atoms with E-state index >= 15 is 0 Å². The van der Waals surface area contributed by atoms with Gasteiger partial charge in [-0.15, -0.1) is 12.4 Å². The number of benzene rings is 1. The Balaban J connectivity index is 0.00000256. The smallest absolute Gasteiger partial charge is 0.162 e. The molecule has 0 spiro atoms. The summed E-state index contributed by atoms with van der Waals surface area (Å²) >= 11 is 0. The summed E-state index contributed by atoms with van der Waals surface area (Å²) in [5, 5.41) is 18.7. The highest BCUT2D eigenvalue weighted by molar-refractivity contribution is 5.85. The largest absolute Gasteiger partial charge is 0.504 e. The summed E-state index contributed by atoms with van der Waals surface area (Å²) in [5.74, 6) is 0.226. The molecule has 0 amide bonds. The van der Waals surface area contributed by atoms with Gasteiger partial charge in [-0.25, -0.2) is 0 Å². The summed E-state index contributed by atoms with van der Waals surface area (Å²) in [6, 6.07) is 4.61. The van der Waals surface area contributed by atoms with Crippen LogP contribution in [0.1, 0.15) is 23.6 Å². The first-order valence-electron chi connectivity index (χ1n) is 4.90. The molecule has 0 heterocycles. The van der Waals surface area contributed by atoms with E-state index in [-0.39, 0.29) is 23.9 Å². The fourth-order valence-electron chi connectivity index (χ4n) is 1.47. The van der Waals surface area contributed by atoms with Gasteiger partial charge in [-0.05, 0) is 19.0 Å². The Morgan fingerprint density at radius 1 is 1.53 bits per heavy atom. The lowest BCUT2D eigenvalue weighted by molar-refractivity contribution is 0.368. The van der Waals surface area contributed by atoms with Gasteiger partial charge in [-0.1, -0.05) is 0 Å². The summed E-state index contributed by atoms with van der Waals surface area (Å²) in [6.07, 6.45) is 0.533. The van der Waals surface area contributed by atoms with E-state index in [1.165, 1.54) is 13.2 Å². The van der Waals surface area contributed by atoms with Crippen molar-refractivity contribution in [2.75, 3.05) is 13.7 Å². The number of rotatable bonds is 4. The number of phenolic OH excluding ortho intramolecular Hbond substituents is 1. The van der Waals surface area contributed by atoms with Gasteiger partial charge < -0.3 is 21.3 Å². The molecule has 5 nitrogen and oxygen atoms in total. The first kappa shape index (κ1) is 15.5. The van der Waals surface area contributed by atoms with Gasteiger partial charge in [0.2, 0.25) is 0 Å². The van der Waals surface area contributed by atoms with Gasteiger partial charge in [-0.3, -0.25) is 0 Å². The number of halogens is 1. The number of nitrogens with zero attached hydrogens (tertiary/aromatic N) is 1. The van der Waals surface area contributed by atoms with Crippen molar-refractivity contribution >= 4 is 12.4 Å². The molecule has 0 saturated heterocycles. The highest BCUT2D eigenvalue weighted by atomic mass is 35.5. The van der Waals surface area contributed by atoms with Crippen LogP contribution in [0.5, 0.6) is 11.5 Å². The molecule has 0 saturated carbocycles. The van der Waals surface area contributed by atoms with Crippen LogP contribution in [0.3, 0.4) is 0 Å². The van der Waals surface area contributed by atoms with Gasteiger partial charge in [-0.2, -0.15) is 5.26 Å². The molecule has 1 aromatic rings. The van der Waals surface area contributed by atoms with Crippen LogP contribution in [0.2, 0.25) is 0 Å². The Morgan fingerprint density at radius 3 is 2.65 bits per heavy atom. The summed E-state index contributed by atoms with van der Waals surface area (Å²) in [7, 11) is 1.43. The third kappa shape index (κ3) is 3.49. The highest BCUT2D eigenvalue weighted by Crippen LogP contribution is 2.35. The summed E-state index contributed by atoms with van der Waals surface area (Å²) < 4.78 is 4.97. The quantitative estimate of drug-likeness (QED) is 0.747. The van der Waals surface area contributed by atoms with Crippen molar-refractivity contribution in [1.82, 2.24) is 0 Å². The van der Waals surface area contributed by atoms with Crippen molar-refractivity contribution in [2.45, 2.75) is 12.5 Å². The molecule has 0 aromatic heterocycles. The Bertz CT molecular complexity index is 418. The van der Waals surface area contributed by atoms with Crippen molar-refractivity contribution in [3.05, 3.63) is 23.3 Å². The summed E-state index contributed by atoms with van der Waals surface area (Å²) in [4.78, 5) is 0. The molecule has 1 atom stereocenters. The standard InChI is InChI=1S/C11H15N3O2.ClH/c1-16-10-5-7(6-13)4-8(11(10)15)9(14)2-3-12;/h4-5,9,15H,2-3,12,14H2,1H3;1H/t9-;/m0./s1. The van der Waals surface area contributed by atoms with Gasteiger partial charge in [0, 0.05) is 17.7 Å². The van der Waals surface area contributed by atoms with E-state index in [2.05, 4.69) is 0 Å². The molecule has 94 valence electrons. The third-order valence-electron chi connectivity index (χ3n) is 2.33. The monoisotopic (exact) mass is 257 g/mol. The molecule has 0 aliphatic heterocycles. The maximum absolute atomic E-state index is 9.85. The summed E-state index contributed by atoms with van der Waals surface area (Å²) in [5.41, 5.74) is 12.1. The normalized spacial score (nSPS) is 11.2. The lowest BCUT2D eigenvalue weighted by atomic mass is 10.0. The van der Waals surface area contributed by atoms with Gasteiger partial charge in [0.05, 0.1) is 18.7 Å². The summed E-state index contributed by atoms with van der Waals surface area (Å²) in [6.45, 7) is 0.416. The Morgan fingerprint density at radius 2 is 2.18 bits per heavy atom. The maximum atomic E-state index is 9.85. The van der Waals surface area contributed by atoms with E-state index < -0.39 is 6.04 Å². The highest BCUT2D eigenvalue weighted by Gasteiger charge is 2.15. The minimum absolute atomic E-state index is 0. The van der Waals surface area contributed by atoms with E-state index in [1.807, 2.05) is 6.07 Å². The fraction of sp³-hybridized carbons (Fsp3) is 0.364. The van der Waals surface area contributed by atoms with Crippen LogP contribution >= 0.6 is 12.4 Å². The van der Waals surface area contributed by atoms with Crippen LogP contribution in [0.15, 0.2) is 12.1 Å². The predicted molar refractivity (Wildman–Crippen MR) is 67.2 cm³/mol. The second-order valence-corrected chi connectivity index (χ2v) is 3.41. The third-order valence-corrected chi connectivity index (χ3v) is 2.33. The molecule has 0 unspecified atom stereocenters. The molecule has 0 fully saturated rings. The average Bonchev–Trinajstić information content (AvgIpc) is 2.29. The second-order valence-electron chi connectivity index (χ2n) is 3.41. The first-order chi connectivity index (χ1) is 7.63. The molecule has 1 aromatic carbocycles. The number of phenols is 1. The van der Waals surface area contributed by atoms with Crippen molar-refractivity contribution in [3.8, 4) is 17.6 Å². The molecule has 1 rings (SSSR count). The Labute approximate surface area is 106 Å². The lowest BCUT2D eigenvalue weighted by Crippen LogP contribution is -2.15. The van der Waals surface area contributed by atoms with E-state index in [9.17, 15) is 5.11 Å². The topological polar surface area (TPSA) is 105 Å². The number of methoxy groups -OCH3 is 1. The van der Waals surface area contributed by atoms with Crippen molar-refractivity contribution in [3.63, 3.8) is 0 Å². The zero-order valence-electron chi connectivity index (χ0n) is 9.51. The van der Waals surface area contributed by atoms with E-state index in [0.29, 0.717) is 24.1 Å². The second kappa shape index (κ2) is 6.97. The van der Waals surface area contributed by atoms with Crippen molar-refractivity contribution in [1.29, 1.82) is 5.26 Å². The Hall–Kier alpha value is -1.48. The maximum Gasteiger partial charge on any atom is 0.162 e. The minimum Gasteiger partial charge on any atom is -0.504 e. The molecular weight excluding hydrogens is 242 g/mol. The van der Waals surface area contributed by atoms with E-state index in [4.69, 9.17) is 21.5 Å². The van der Waals surface area contributed by atoms with Crippen LogP contribution in [0, 0.1) is 11.3 Å². The Kier molecular flexibility index (Phi) is 6.36. The molecule has 0 aliphatic rings.